The summed E-state index contributed by atoms with van der Waals surface area (Å²) in [7, 11) is -9.21. The molecule has 0 aromatic heterocycles. The molecule has 8 nitrogen and oxygen atoms in total. The lowest BCUT2D eigenvalue weighted by Gasteiger charge is -2.17. The average Bonchev–Trinajstić information content (AvgIpc) is 2.38. The summed E-state index contributed by atoms with van der Waals surface area (Å²) >= 11 is 0. The van der Waals surface area contributed by atoms with Crippen LogP contribution in [0.25, 0.3) is 11.1 Å². The van der Waals surface area contributed by atoms with Crippen molar-refractivity contribution in [3.05, 3.63) is 35.4 Å². The van der Waals surface area contributed by atoms with Crippen molar-refractivity contribution in [2.75, 3.05) is 0 Å². The highest BCUT2D eigenvalue weighted by Crippen LogP contribution is 2.43. The molecule has 0 saturated heterocycles. The van der Waals surface area contributed by atoms with E-state index in [9.17, 15) is 36.2 Å². The standard InChI is InChI=1S/C14H14O8S2/c1-7-11(23(17,18)19)5-3-9(15)13(7)14-8(2)12(24(20,21)22)6-4-10(14)16/h3-6,15-16H,1-2H3,(H,17,18,19)(H,20,21,22). The Balaban J connectivity index is 2.98. The number of hydrogen-bond donors (Lipinski definition) is 4. The molecule has 0 fully saturated rings. The summed E-state index contributed by atoms with van der Waals surface area (Å²) in [6, 6.07) is 3.93. The molecule has 0 unspecified atom stereocenters. The number of aromatic hydroxyl groups is 2. The molecule has 130 valence electrons. The number of hydrogen-bond acceptors (Lipinski definition) is 6. The van der Waals surface area contributed by atoms with E-state index in [4.69, 9.17) is 0 Å². The Morgan fingerprint density at radius 2 is 0.958 bits per heavy atom. The van der Waals surface area contributed by atoms with Gasteiger partial charge in [0, 0.05) is 11.1 Å². The zero-order chi connectivity index (χ0) is 18.4. The van der Waals surface area contributed by atoms with E-state index >= 15 is 0 Å². The molecule has 0 amide bonds. The zero-order valence-corrected chi connectivity index (χ0v) is 14.2. The lowest BCUT2D eigenvalue weighted by Crippen LogP contribution is -2.05. The fraction of sp³-hybridized carbons (Fsp3) is 0.143. The van der Waals surface area contributed by atoms with Crippen LogP contribution in [0.3, 0.4) is 0 Å². The molecule has 0 radical (unpaired) electrons. The van der Waals surface area contributed by atoms with Crippen molar-refractivity contribution in [1.82, 2.24) is 0 Å². The average molecular weight is 374 g/mol. The van der Waals surface area contributed by atoms with E-state index in [1.165, 1.54) is 13.8 Å². The summed E-state index contributed by atoms with van der Waals surface area (Å²) < 4.78 is 64.2. The molecule has 2 aromatic carbocycles. The topological polar surface area (TPSA) is 149 Å². The zero-order valence-electron chi connectivity index (χ0n) is 12.5. The van der Waals surface area contributed by atoms with E-state index in [1.54, 1.807) is 0 Å². The molecule has 0 aliphatic rings. The van der Waals surface area contributed by atoms with E-state index in [0.717, 1.165) is 24.3 Å². The fourth-order valence-corrected chi connectivity index (χ4v) is 4.00. The van der Waals surface area contributed by atoms with Crippen molar-refractivity contribution in [1.29, 1.82) is 0 Å². The highest BCUT2D eigenvalue weighted by atomic mass is 32.2. The van der Waals surface area contributed by atoms with Gasteiger partial charge in [0.25, 0.3) is 20.2 Å². The monoisotopic (exact) mass is 374 g/mol. The Morgan fingerprint density at radius 1 is 0.667 bits per heavy atom. The Labute approximate surface area is 138 Å². The fourth-order valence-electron chi connectivity index (χ4n) is 2.55. The van der Waals surface area contributed by atoms with Crippen molar-refractivity contribution in [3.8, 4) is 22.6 Å². The Morgan fingerprint density at radius 3 is 1.21 bits per heavy atom. The summed E-state index contributed by atoms with van der Waals surface area (Å²) in [5, 5.41) is 20.2. The van der Waals surface area contributed by atoms with E-state index in [2.05, 4.69) is 0 Å². The smallest absolute Gasteiger partial charge is 0.294 e. The quantitative estimate of drug-likeness (QED) is 0.595. The highest BCUT2D eigenvalue weighted by molar-refractivity contribution is 7.86. The molecule has 0 bridgehead atoms. The third-order valence-electron chi connectivity index (χ3n) is 3.59. The molecule has 4 N–H and O–H groups in total. The van der Waals surface area contributed by atoms with Gasteiger partial charge < -0.3 is 10.2 Å². The predicted molar refractivity (Wildman–Crippen MR) is 84.3 cm³/mol. The van der Waals surface area contributed by atoms with E-state index in [1.807, 2.05) is 0 Å². The van der Waals surface area contributed by atoms with Crippen LogP contribution in [0, 0.1) is 13.8 Å². The molecule has 0 atom stereocenters. The summed E-state index contributed by atoms with van der Waals surface area (Å²) in [6.07, 6.45) is 0. The van der Waals surface area contributed by atoms with Crippen LogP contribution in [0.4, 0.5) is 0 Å². The summed E-state index contributed by atoms with van der Waals surface area (Å²) in [6.45, 7) is 2.55. The molecule has 0 saturated carbocycles. The Bertz CT molecular complexity index is 951. The molecule has 24 heavy (non-hydrogen) atoms. The van der Waals surface area contributed by atoms with Gasteiger partial charge in [-0.15, -0.1) is 0 Å². The summed E-state index contributed by atoms with van der Waals surface area (Å²) in [5.74, 6) is -0.878. The number of benzene rings is 2. The minimum Gasteiger partial charge on any atom is -0.507 e. The van der Waals surface area contributed by atoms with Crippen LogP contribution in [-0.2, 0) is 20.2 Å². The van der Waals surface area contributed by atoms with Crippen LogP contribution in [0.15, 0.2) is 34.1 Å². The minimum atomic E-state index is -4.61. The molecule has 0 spiro atoms. The normalized spacial score (nSPS) is 12.3. The summed E-state index contributed by atoms with van der Waals surface area (Å²) in [5.41, 5.74) is -0.539. The van der Waals surface area contributed by atoms with Crippen molar-refractivity contribution in [2.24, 2.45) is 0 Å². The number of rotatable bonds is 3. The molecule has 0 heterocycles. The summed E-state index contributed by atoms with van der Waals surface area (Å²) in [4.78, 5) is -1.02. The van der Waals surface area contributed by atoms with Gasteiger partial charge in [0.1, 0.15) is 11.5 Å². The highest BCUT2D eigenvalue weighted by Gasteiger charge is 2.25. The first kappa shape index (κ1) is 18.2. The SMILES string of the molecule is Cc1c(S(=O)(=O)O)ccc(O)c1-c1c(O)ccc(S(=O)(=O)O)c1C. The van der Waals surface area contributed by atoms with Crippen LogP contribution in [0.5, 0.6) is 11.5 Å². The first-order valence-corrected chi connectivity index (χ1v) is 9.34. The van der Waals surface area contributed by atoms with Crippen LogP contribution in [0.1, 0.15) is 11.1 Å². The van der Waals surface area contributed by atoms with E-state index in [0.29, 0.717) is 0 Å². The van der Waals surface area contributed by atoms with Crippen molar-refractivity contribution in [2.45, 2.75) is 23.6 Å². The second-order valence-electron chi connectivity index (χ2n) is 5.12. The Kier molecular flexibility index (Phi) is 4.35. The second kappa shape index (κ2) is 5.74. The second-order valence-corrected chi connectivity index (χ2v) is 7.90. The maximum atomic E-state index is 11.4. The van der Waals surface area contributed by atoms with Gasteiger partial charge in [-0.05, 0) is 49.2 Å². The van der Waals surface area contributed by atoms with Gasteiger partial charge in [0.2, 0.25) is 0 Å². The molecule has 0 aliphatic carbocycles. The van der Waals surface area contributed by atoms with E-state index < -0.39 is 41.5 Å². The largest absolute Gasteiger partial charge is 0.507 e. The lowest BCUT2D eigenvalue weighted by molar-refractivity contribution is 0.464. The third-order valence-corrected chi connectivity index (χ3v) is 5.59. The van der Waals surface area contributed by atoms with Gasteiger partial charge >= 0.3 is 0 Å². The van der Waals surface area contributed by atoms with Gasteiger partial charge in [0.05, 0.1) is 9.79 Å². The van der Waals surface area contributed by atoms with Crippen molar-refractivity contribution < 1.29 is 36.2 Å². The van der Waals surface area contributed by atoms with Crippen LogP contribution >= 0.6 is 0 Å². The van der Waals surface area contributed by atoms with Gasteiger partial charge in [0.15, 0.2) is 0 Å². The van der Waals surface area contributed by atoms with Gasteiger partial charge in [-0.2, -0.15) is 16.8 Å². The third kappa shape index (κ3) is 3.08. The van der Waals surface area contributed by atoms with Crippen molar-refractivity contribution >= 4 is 20.2 Å². The Hall–Kier alpha value is -2.14. The molecule has 10 heteroatoms. The molecule has 2 rings (SSSR count). The first-order valence-electron chi connectivity index (χ1n) is 6.46. The van der Waals surface area contributed by atoms with E-state index in [-0.39, 0.29) is 22.3 Å². The molecular weight excluding hydrogens is 360 g/mol. The molecule has 0 aliphatic heterocycles. The minimum absolute atomic E-state index is 0.0941. The molecule has 2 aromatic rings. The van der Waals surface area contributed by atoms with Gasteiger partial charge in [-0.25, -0.2) is 0 Å². The first-order chi connectivity index (χ1) is 10.9. The van der Waals surface area contributed by atoms with Gasteiger partial charge in [-0.3, -0.25) is 9.11 Å². The van der Waals surface area contributed by atoms with Crippen LogP contribution < -0.4 is 0 Å². The maximum Gasteiger partial charge on any atom is 0.294 e. The van der Waals surface area contributed by atoms with Crippen molar-refractivity contribution in [3.63, 3.8) is 0 Å². The molecular formula is C14H14O8S2. The number of phenolic OH excluding ortho intramolecular Hbond substituents is 2. The lowest BCUT2D eigenvalue weighted by atomic mass is 9.94. The van der Waals surface area contributed by atoms with Crippen LogP contribution in [0.2, 0.25) is 0 Å². The predicted octanol–water partition coefficient (Wildman–Crippen LogP) is 1.88. The number of phenols is 2. The van der Waals surface area contributed by atoms with Crippen LogP contribution in [-0.4, -0.2) is 36.2 Å². The van der Waals surface area contributed by atoms with Gasteiger partial charge in [-0.1, -0.05) is 0 Å². The maximum absolute atomic E-state index is 11.4.